The molecular weight excluding hydrogens is 332 g/mol. The minimum absolute atomic E-state index is 0.0116. The molecule has 0 aromatic heterocycles. The fourth-order valence-corrected chi connectivity index (χ4v) is 3.23. The Morgan fingerprint density at radius 2 is 2.05 bits per heavy atom. The number of amides is 2. The number of anilines is 1. The molecule has 21 heavy (non-hydrogen) atoms. The Morgan fingerprint density at radius 1 is 1.33 bits per heavy atom. The van der Waals surface area contributed by atoms with Crippen LogP contribution in [0.15, 0.2) is 22.7 Å². The van der Waals surface area contributed by atoms with Gasteiger partial charge in [-0.15, -0.1) is 0 Å². The Bertz CT molecular complexity index is 612. The van der Waals surface area contributed by atoms with Crippen molar-refractivity contribution in [2.45, 2.75) is 38.6 Å². The van der Waals surface area contributed by atoms with Crippen LogP contribution < -0.4 is 10.2 Å². The second-order valence-electron chi connectivity index (χ2n) is 6.17. The maximum absolute atomic E-state index is 13.0. The van der Waals surface area contributed by atoms with Crippen LogP contribution >= 0.6 is 15.9 Å². The zero-order chi connectivity index (χ0) is 15.2. The molecule has 0 bridgehead atoms. The van der Waals surface area contributed by atoms with Crippen LogP contribution in [0.2, 0.25) is 0 Å². The Labute approximate surface area is 133 Å². The molecule has 2 amide bonds. The summed E-state index contributed by atoms with van der Waals surface area (Å²) in [6.45, 7) is 4.31. The highest BCUT2D eigenvalue weighted by Gasteiger charge is 2.51. The number of benzene rings is 1. The van der Waals surface area contributed by atoms with Crippen molar-refractivity contribution < 1.29 is 9.59 Å². The maximum atomic E-state index is 13.0. The Balaban J connectivity index is 1.98. The van der Waals surface area contributed by atoms with E-state index in [4.69, 9.17) is 0 Å². The molecule has 112 valence electrons. The van der Waals surface area contributed by atoms with E-state index >= 15 is 0 Å². The van der Waals surface area contributed by atoms with Crippen LogP contribution in [0, 0.1) is 12.8 Å². The molecule has 1 N–H and O–H groups in total. The van der Waals surface area contributed by atoms with E-state index in [1.165, 1.54) is 0 Å². The number of nitrogens with one attached hydrogen (secondary N) is 1. The second-order valence-corrected chi connectivity index (χ2v) is 7.02. The summed E-state index contributed by atoms with van der Waals surface area (Å²) in [5.41, 5.74) is 1.19. The standard InChI is InChI=1S/C16H19BrN2O2/c1-10-9-12(5-6-13(10)17)19-8-7-14(20)18-16(2,15(19)21)11-3-4-11/h5-6,9,11H,3-4,7-8H2,1-2H3,(H,18,20). The van der Waals surface area contributed by atoms with Gasteiger partial charge >= 0.3 is 0 Å². The molecule has 3 rings (SSSR count). The highest BCUT2D eigenvalue weighted by molar-refractivity contribution is 9.10. The number of halogens is 1. The van der Waals surface area contributed by atoms with Gasteiger partial charge < -0.3 is 10.2 Å². The van der Waals surface area contributed by atoms with Crippen molar-refractivity contribution in [3.8, 4) is 0 Å². The molecule has 4 nitrogen and oxygen atoms in total. The topological polar surface area (TPSA) is 49.4 Å². The summed E-state index contributed by atoms with van der Waals surface area (Å²) >= 11 is 3.48. The molecule has 1 unspecified atom stereocenters. The molecule has 1 saturated heterocycles. The first-order valence-corrected chi connectivity index (χ1v) is 8.10. The van der Waals surface area contributed by atoms with E-state index in [0.717, 1.165) is 28.6 Å². The molecule has 1 saturated carbocycles. The maximum Gasteiger partial charge on any atom is 0.252 e. The van der Waals surface area contributed by atoms with Crippen molar-refractivity contribution in [3.05, 3.63) is 28.2 Å². The average molecular weight is 351 g/mol. The Hall–Kier alpha value is -1.36. The van der Waals surface area contributed by atoms with Crippen LogP contribution in [0.25, 0.3) is 0 Å². The molecule has 0 spiro atoms. The summed E-state index contributed by atoms with van der Waals surface area (Å²) in [6, 6.07) is 5.87. The normalized spacial score (nSPS) is 26.5. The van der Waals surface area contributed by atoms with Gasteiger partial charge in [-0.05, 0) is 56.4 Å². The minimum Gasteiger partial charge on any atom is -0.342 e. The first-order chi connectivity index (χ1) is 9.91. The van der Waals surface area contributed by atoms with Crippen LogP contribution in [0.3, 0.4) is 0 Å². The SMILES string of the molecule is Cc1cc(N2CCC(=O)NC(C)(C3CC3)C2=O)ccc1Br. The van der Waals surface area contributed by atoms with Gasteiger partial charge in [-0.25, -0.2) is 0 Å². The molecule has 1 aliphatic carbocycles. The molecule has 0 radical (unpaired) electrons. The van der Waals surface area contributed by atoms with Crippen molar-refractivity contribution in [1.82, 2.24) is 5.32 Å². The average Bonchev–Trinajstić information content (AvgIpc) is 3.26. The van der Waals surface area contributed by atoms with Gasteiger partial charge in [0.15, 0.2) is 0 Å². The van der Waals surface area contributed by atoms with Crippen LogP contribution in [-0.2, 0) is 9.59 Å². The highest BCUT2D eigenvalue weighted by Crippen LogP contribution is 2.42. The van der Waals surface area contributed by atoms with Crippen molar-refractivity contribution >= 4 is 33.4 Å². The number of rotatable bonds is 2. The van der Waals surface area contributed by atoms with Crippen molar-refractivity contribution in [3.63, 3.8) is 0 Å². The minimum atomic E-state index is -0.755. The van der Waals surface area contributed by atoms with Crippen LogP contribution in [0.1, 0.15) is 31.7 Å². The summed E-state index contributed by atoms with van der Waals surface area (Å²) < 4.78 is 1.02. The van der Waals surface area contributed by atoms with Gasteiger partial charge in [0.1, 0.15) is 5.54 Å². The zero-order valence-electron chi connectivity index (χ0n) is 12.3. The summed E-state index contributed by atoms with van der Waals surface area (Å²) in [5, 5.41) is 2.95. The predicted octanol–water partition coefficient (Wildman–Crippen LogP) is 2.78. The third-order valence-corrected chi connectivity index (χ3v) is 5.39. The first-order valence-electron chi connectivity index (χ1n) is 7.31. The van der Waals surface area contributed by atoms with Gasteiger partial charge in [-0.3, -0.25) is 9.59 Å². The molecule has 1 aromatic carbocycles. The second kappa shape index (κ2) is 5.13. The molecule has 1 heterocycles. The molecule has 1 aliphatic heterocycles. The fraction of sp³-hybridized carbons (Fsp3) is 0.500. The van der Waals surface area contributed by atoms with Gasteiger partial charge in [0.2, 0.25) is 5.91 Å². The largest absolute Gasteiger partial charge is 0.342 e. The monoisotopic (exact) mass is 350 g/mol. The zero-order valence-corrected chi connectivity index (χ0v) is 13.9. The molecular formula is C16H19BrN2O2. The van der Waals surface area contributed by atoms with Crippen LogP contribution in [0.5, 0.6) is 0 Å². The third-order valence-electron chi connectivity index (χ3n) is 4.50. The number of carbonyl (C=O) groups excluding carboxylic acids is 2. The van der Waals surface area contributed by atoms with E-state index in [1.54, 1.807) is 4.90 Å². The highest BCUT2D eigenvalue weighted by atomic mass is 79.9. The lowest BCUT2D eigenvalue weighted by Crippen LogP contribution is -2.56. The lowest BCUT2D eigenvalue weighted by molar-refractivity contribution is -0.130. The lowest BCUT2D eigenvalue weighted by Gasteiger charge is -2.32. The van der Waals surface area contributed by atoms with E-state index in [2.05, 4.69) is 21.2 Å². The quantitative estimate of drug-likeness (QED) is 0.891. The Kier molecular flexibility index (Phi) is 3.56. The summed E-state index contributed by atoms with van der Waals surface area (Å²) in [5.74, 6) is 0.248. The van der Waals surface area contributed by atoms with E-state index in [9.17, 15) is 9.59 Å². The smallest absolute Gasteiger partial charge is 0.252 e. The van der Waals surface area contributed by atoms with Gasteiger partial charge in [0.05, 0.1) is 0 Å². The molecule has 1 atom stereocenters. The summed E-state index contributed by atoms with van der Waals surface area (Å²) in [4.78, 5) is 26.7. The Morgan fingerprint density at radius 3 is 2.67 bits per heavy atom. The predicted molar refractivity (Wildman–Crippen MR) is 85.1 cm³/mol. The van der Waals surface area contributed by atoms with E-state index in [0.29, 0.717) is 13.0 Å². The number of hydrogen-bond donors (Lipinski definition) is 1. The molecule has 1 aromatic rings. The molecule has 5 heteroatoms. The lowest BCUT2D eigenvalue weighted by atomic mass is 9.94. The number of aryl methyl sites for hydroxylation is 1. The van der Waals surface area contributed by atoms with Crippen LogP contribution in [-0.4, -0.2) is 23.9 Å². The molecule has 2 fully saturated rings. The van der Waals surface area contributed by atoms with Crippen molar-refractivity contribution in [1.29, 1.82) is 0 Å². The fourth-order valence-electron chi connectivity index (χ4n) is 2.98. The van der Waals surface area contributed by atoms with Gasteiger partial charge in [-0.1, -0.05) is 15.9 Å². The van der Waals surface area contributed by atoms with Gasteiger partial charge in [-0.2, -0.15) is 0 Å². The van der Waals surface area contributed by atoms with E-state index in [-0.39, 0.29) is 17.7 Å². The van der Waals surface area contributed by atoms with E-state index in [1.807, 2.05) is 32.0 Å². The van der Waals surface area contributed by atoms with Crippen LogP contribution in [0.4, 0.5) is 5.69 Å². The summed E-state index contributed by atoms with van der Waals surface area (Å²) in [7, 11) is 0. The van der Waals surface area contributed by atoms with Crippen molar-refractivity contribution in [2.75, 3.05) is 11.4 Å². The number of nitrogens with zero attached hydrogens (tertiary/aromatic N) is 1. The first kappa shape index (κ1) is 14.6. The van der Waals surface area contributed by atoms with Gasteiger partial charge in [0, 0.05) is 23.1 Å². The molecule has 2 aliphatic rings. The number of carbonyl (C=O) groups is 2. The van der Waals surface area contributed by atoms with E-state index < -0.39 is 5.54 Å². The number of hydrogen-bond acceptors (Lipinski definition) is 2. The third kappa shape index (κ3) is 2.59. The van der Waals surface area contributed by atoms with Crippen molar-refractivity contribution in [2.24, 2.45) is 5.92 Å². The van der Waals surface area contributed by atoms with Gasteiger partial charge in [0.25, 0.3) is 5.91 Å². The summed E-state index contributed by atoms with van der Waals surface area (Å²) in [6.07, 6.45) is 2.37.